The van der Waals surface area contributed by atoms with Crippen LogP contribution >= 0.6 is 0 Å². The number of likely N-dealkylation sites (N-methyl/N-ethyl adjacent to an activating group) is 1. The largest absolute Gasteiger partial charge is 0.368 e. The molecule has 17 heavy (non-hydrogen) atoms. The van der Waals surface area contributed by atoms with Crippen molar-refractivity contribution in [3.8, 4) is 0 Å². The fraction of sp³-hybridized carbons (Fsp3) is 0.571. The van der Waals surface area contributed by atoms with E-state index >= 15 is 0 Å². The number of benzene rings is 1. The van der Waals surface area contributed by atoms with Crippen molar-refractivity contribution in [3.63, 3.8) is 0 Å². The number of hydrogen-bond donors (Lipinski definition) is 1. The van der Waals surface area contributed by atoms with Crippen molar-refractivity contribution in [1.29, 1.82) is 0 Å². The molecule has 1 aliphatic rings. The molecule has 3 nitrogen and oxygen atoms in total. The average Bonchev–Trinajstić information content (AvgIpc) is 2.32. The average molecular weight is 233 g/mol. The standard InChI is InChI=1S/C14H23N3/c1-11-10-17(9-8-16(11)3)14-7-5-4-6-13(14)12(2)15/h4-7,11-12H,8-10,15H2,1-3H3. The number of hydrogen-bond acceptors (Lipinski definition) is 3. The molecule has 1 saturated heterocycles. The molecule has 2 atom stereocenters. The van der Waals surface area contributed by atoms with Gasteiger partial charge in [-0.15, -0.1) is 0 Å². The number of rotatable bonds is 2. The highest BCUT2D eigenvalue weighted by Crippen LogP contribution is 2.26. The van der Waals surface area contributed by atoms with Crippen LogP contribution in [0.25, 0.3) is 0 Å². The van der Waals surface area contributed by atoms with Crippen molar-refractivity contribution in [2.45, 2.75) is 25.9 Å². The van der Waals surface area contributed by atoms with Crippen molar-refractivity contribution in [2.24, 2.45) is 5.73 Å². The normalized spacial score (nSPS) is 23.8. The molecule has 2 unspecified atom stereocenters. The van der Waals surface area contributed by atoms with Crippen LogP contribution in [0, 0.1) is 0 Å². The Hall–Kier alpha value is -1.06. The van der Waals surface area contributed by atoms with Gasteiger partial charge in [-0.3, -0.25) is 0 Å². The number of anilines is 1. The molecule has 2 rings (SSSR count). The maximum absolute atomic E-state index is 6.05. The van der Waals surface area contributed by atoms with Gasteiger partial charge in [-0.1, -0.05) is 18.2 Å². The predicted molar refractivity (Wildman–Crippen MR) is 73.3 cm³/mol. The zero-order valence-corrected chi connectivity index (χ0v) is 11.1. The summed E-state index contributed by atoms with van der Waals surface area (Å²) in [5, 5.41) is 0. The fourth-order valence-corrected chi connectivity index (χ4v) is 2.43. The highest BCUT2D eigenvalue weighted by atomic mass is 15.3. The van der Waals surface area contributed by atoms with Crippen molar-refractivity contribution >= 4 is 5.69 Å². The second-order valence-electron chi connectivity index (χ2n) is 5.12. The third kappa shape index (κ3) is 2.61. The molecule has 2 N–H and O–H groups in total. The van der Waals surface area contributed by atoms with Gasteiger partial charge in [0.2, 0.25) is 0 Å². The second kappa shape index (κ2) is 5.07. The molecule has 1 aliphatic heterocycles. The first-order chi connectivity index (χ1) is 8.09. The Morgan fingerprint density at radius 1 is 1.29 bits per heavy atom. The quantitative estimate of drug-likeness (QED) is 0.846. The Morgan fingerprint density at radius 3 is 2.65 bits per heavy atom. The molecule has 0 amide bonds. The number of para-hydroxylation sites is 1. The summed E-state index contributed by atoms with van der Waals surface area (Å²) in [6.07, 6.45) is 0. The lowest BCUT2D eigenvalue weighted by Gasteiger charge is -2.40. The van der Waals surface area contributed by atoms with Gasteiger partial charge in [0.25, 0.3) is 0 Å². The first-order valence-electron chi connectivity index (χ1n) is 6.39. The maximum atomic E-state index is 6.05. The molecule has 3 heteroatoms. The monoisotopic (exact) mass is 233 g/mol. The van der Waals surface area contributed by atoms with Gasteiger partial charge in [0, 0.05) is 37.4 Å². The minimum Gasteiger partial charge on any atom is -0.368 e. The summed E-state index contributed by atoms with van der Waals surface area (Å²) in [6, 6.07) is 9.21. The summed E-state index contributed by atoms with van der Waals surface area (Å²) < 4.78 is 0. The van der Waals surface area contributed by atoms with Crippen LogP contribution < -0.4 is 10.6 Å². The summed E-state index contributed by atoms with van der Waals surface area (Å²) in [7, 11) is 2.19. The second-order valence-corrected chi connectivity index (χ2v) is 5.12. The lowest BCUT2D eigenvalue weighted by molar-refractivity contribution is 0.234. The van der Waals surface area contributed by atoms with Gasteiger partial charge >= 0.3 is 0 Å². The van der Waals surface area contributed by atoms with E-state index in [9.17, 15) is 0 Å². The van der Waals surface area contributed by atoms with Crippen LogP contribution in [0.2, 0.25) is 0 Å². The van der Waals surface area contributed by atoms with Crippen LogP contribution in [0.3, 0.4) is 0 Å². The zero-order valence-electron chi connectivity index (χ0n) is 11.1. The van der Waals surface area contributed by atoms with E-state index in [-0.39, 0.29) is 6.04 Å². The lowest BCUT2D eigenvalue weighted by Crippen LogP contribution is -2.50. The van der Waals surface area contributed by atoms with Gasteiger partial charge in [-0.2, -0.15) is 0 Å². The maximum Gasteiger partial charge on any atom is 0.0415 e. The lowest BCUT2D eigenvalue weighted by atomic mass is 10.0. The molecule has 0 aliphatic carbocycles. The van der Waals surface area contributed by atoms with E-state index in [4.69, 9.17) is 5.73 Å². The van der Waals surface area contributed by atoms with Crippen molar-refractivity contribution in [2.75, 3.05) is 31.6 Å². The van der Waals surface area contributed by atoms with E-state index in [1.807, 2.05) is 0 Å². The zero-order chi connectivity index (χ0) is 12.4. The SMILES string of the molecule is CC(N)c1ccccc1N1CCN(C)C(C)C1. The molecular formula is C14H23N3. The van der Waals surface area contributed by atoms with E-state index in [0.29, 0.717) is 6.04 Å². The number of piperazine rings is 1. The predicted octanol–water partition coefficient (Wildman–Crippen LogP) is 1.85. The van der Waals surface area contributed by atoms with Gasteiger partial charge in [0.1, 0.15) is 0 Å². The van der Waals surface area contributed by atoms with Crippen LogP contribution in [0.5, 0.6) is 0 Å². The van der Waals surface area contributed by atoms with E-state index in [1.165, 1.54) is 11.3 Å². The van der Waals surface area contributed by atoms with Crippen molar-refractivity contribution < 1.29 is 0 Å². The van der Waals surface area contributed by atoms with Gasteiger partial charge < -0.3 is 15.5 Å². The summed E-state index contributed by atoms with van der Waals surface area (Å²) in [5.74, 6) is 0. The van der Waals surface area contributed by atoms with Crippen LogP contribution in [-0.2, 0) is 0 Å². The van der Waals surface area contributed by atoms with Crippen LogP contribution in [0.1, 0.15) is 25.5 Å². The number of nitrogens with two attached hydrogens (primary N) is 1. The highest BCUT2D eigenvalue weighted by molar-refractivity contribution is 5.55. The molecule has 0 saturated carbocycles. The van der Waals surface area contributed by atoms with E-state index in [2.05, 4.69) is 55.0 Å². The Morgan fingerprint density at radius 2 is 2.00 bits per heavy atom. The molecule has 1 aromatic carbocycles. The van der Waals surface area contributed by atoms with Crippen LogP contribution in [0.15, 0.2) is 24.3 Å². The minimum atomic E-state index is 0.0983. The molecule has 1 heterocycles. The fourth-order valence-electron chi connectivity index (χ4n) is 2.43. The number of nitrogens with zero attached hydrogens (tertiary/aromatic N) is 2. The molecule has 94 valence electrons. The highest BCUT2D eigenvalue weighted by Gasteiger charge is 2.22. The molecular weight excluding hydrogens is 210 g/mol. The first kappa shape index (κ1) is 12.4. The Labute approximate surface area is 104 Å². The van der Waals surface area contributed by atoms with Gasteiger partial charge in [-0.25, -0.2) is 0 Å². The molecule has 1 fully saturated rings. The summed E-state index contributed by atoms with van der Waals surface area (Å²) >= 11 is 0. The Bertz CT molecular complexity index is 375. The van der Waals surface area contributed by atoms with E-state index < -0.39 is 0 Å². The minimum absolute atomic E-state index is 0.0983. The van der Waals surface area contributed by atoms with Gasteiger partial charge in [0.05, 0.1) is 0 Å². The first-order valence-corrected chi connectivity index (χ1v) is 6.39. The van der Waals surface area contributed by atoms with Crippen LogP contribution in [0.4, 0.5) is 5.69 Å². The summed E-state index contributed by atoms with van der Waals surface area (Å²) in [4.78, 5) is 4.87. The Kier molecular flexibility index (Phi) is 3.69. The van der Waals surface area contributed by atoms with E-state index in [1.54, 1.807) is 0 Å². The summed E-state index contributed by atoms with van der Waals surface area (Å²) in [6.45, 7) is 7.62. The Balaban J connectivity index is 2.22. The van der Waals surface area contributed by atoms with Crippen molar-refractivity contribution in [1.82, 2.24) is 4.90 Å². The van der Waals surface area contributed by atoms with Crippen molar-refractivity contribution in [3.05, 3.63) is 29.8 Å². The topological polar surface area (TPSA) is 32.5 Å². The smallest absolute Gasteiger partial charge is 0.0415 e. The summed E-state index contributed by atoms with van der Waals surface area (Å²) in [5.41, 5.74) is 8.61. The third-order valence-electron chi connectivity index (χ3n) is 3.73. The van der Waals surface area contributed by atoms with Gasteiger partial charge in [-0.05, 0) is 32.5 Å². The third-order valence-corrected chi connectivity index (χ3v) is 3.73. The van der Waals surface area contributed by atoms with Crippen LogP contribution in [-0.4, -0.2) is 37.6 Å². The molecule has 0 aromatic heterocycles. The van der Waals surface area contributed by atoms with E-state index in [0.717, 1.165) is 19.6 Å². The molecule has 0 spiro atoms. The molecule has 0 bridgehead atoms. The molecule has 1 aromatic rings. The molecule has 0 radical (unpaired) electrons. The van der Waals surface area contributed by atoms with Gasteiger partial charge in [0.15, 0.2) is 0 Å².